The van der Waals surface area contributed by atoms with Gasteiger partial charge in [0.2, 0.25) is 5.95 Å². The van der Waals surface area contributed by atoms with Crippen molar-refractivity contribution in [2.24, 2.45) is 0 Å². The summed E-state index contributed by atoms with van der Waals surface area (Å²) in [7, 11) is -4.67. The predicted octanol–water partition coefficient (Wildman–Crippen LogP) is -0.523. The van der Waals surface area contributed by atoms with Crippen LogP contribution in [0, 0.1) is 0 Å². The summed E-state index contributed by atoms with van der Waals surface area (Å²) < 4.78 is 37.0. The molecule has 1 fully saturated rings. The first-order valence-electron chi connectivity index (χ1n) is 7.48. The number of aromatic nitrogens is 4. The van der Waals surface area contributed by atoms with Crippen LogP contribution in [-0.4, -0.2) is 58.9 Å². The van der Waals surface area contributed by atoms with Crippen LogP contribution in [0.2, 0.25) is 0 Å². The van der Waals surface area contributed by atoms with Gasteiger partial charge >= 0.3 is 7.82 Å². The monoisotopic (exact) mass is 392 g/mol. The number of fused-ring (bicyclic) bond motifs is 1. The van der Waals surface area contributed by atoms with Crippen molar-refractivity contribution >= 4 is 30.8 Å². The number of aliphatic hydroxyl groups is 1. The van der Waals surface area contributed by atoms with E-state index >= 15 is 4.39 Å². The van der Waals surface area contributed by atoms with Gasteiger partial charge in [-0.05, 0) is 6.92 Å². The van der Waals surface area contributed by atoms with E-state index in [1.165, 1.54) is 10.9 Å². The maximum atomic E-state index is 15.1. The lowest BCUT2D eigenvalue weighted by Gasteiger charge is -2.24. The molecule has 144 valence electrons. The first kappa shape index (κ1) is 18.9. The second-order valence-electron chi connectivity index (χ2n) is 6.03. The quantitative estimate of drug-likeness (QED) is 0.411. The van der Waals surface area contributed by atoms with Gasteiger partial charge in [0, 0.05) is 6.42 Å². The van der Waals surface area contributed by atoms with Crippen LogP contribution >= 0.6 is 7.82 Å². The molecule has 1 saturated heterocycles. The molecule has 7 N–H and O–H groups in total. The van der Waals surface area contributed by atoms with Crippen molar-refractivity contribution in [1.29, 1.82) is 0 Å². The Bertz CT molecular complexity index is 871. The minimum absolute atomic E-state index is 0.0111. The Morgan fingerprint density at radius 2 is 2.15 bits per heavy atom. The number of rotatable bonds is 5. The molecule has 4 atom stereocenters. The van der Waals surface area contributed by atoms with E-state index in [4.69, 9.17) is 26.0 Å². The molecule has 0 unspecified atom stereocenters. The molecule has 0 bridgehead atoms. The second-order valence-corrected chi connectivity index (χ2v) is 7.27. The van der Waals surface area contributed by atoms with Crippen molar-refractivity contribution in [2.45, 2.75) is 37.4 Å². The number of phosphoric acid groups is 1. The lowest BCUT2D eigenvalue weighted by molar-refractivity contribution is -0.0490. The molecule has 0 aromatic carbocycles. The Morgan fingerprint density at radius 1 is 1.46 bits per heavy atom. The Kier molecular flexibility index (Phi) is 4.63. The first-order valence-corrected chi connectivity index (χ1v) is 9.02. The van der Waals surface area contributed by atoms with Crippen molar-refractivity contribution < 1.29 is 33.1 Å². The van der Waals surface area contributed by atoms with Gasteiger partial charge in [-0.1, -0.05) is 0 Å². The normalized spacial score (nSPS) is 29.5. The summed E-state index contributed by atoms with van der Waals surface area (Å²) in [5.74, 6) is -0.126. The zero-order valence-electron chi connectivity index (χ0n) is 13.6. The van der Waals surface area contributed by atoms with Crippen LogP contribution in [0.3, 0.4) is 0 Å². The van der Waals surface area contributed by atoms with Gasteiger partial charge < -0.3 is 31.1 Å². The van der Waals surface area contributed by atoms with Gasteiger partial charge in [-0.3, -0.25) is 9.09 Å². The van der Waals surface area contributed by atoms with Crippen LogP contribution in [0.4, 0.5) is 16.2 Å². The standard InChI is InChI=1S/C12H18FN6O6P/c1-12(13)7(20)5(2-3-24-26(21,22)23)25-10(12)19-4-16-6-8(14)17-11(15)18-9(6)19/h4-5,7,10,20H,2-3H2,1H3,(H2,21,22,23)(H4,14,15,17,18)/t5-,7-,10-,12-/m1/s1. The minimum atomic E-state index is -4.67. The molecule has 12 nitrogen and oxygen atoms in total. The van der Waals surface area contributed by atoms with Crippen LogP contribution < -0.4 is 11.5 Å². The summed E-state index contributed by atoms with van der Waals surface area (Å²) in [5, 5.41) is 10.2. The molecular formula is C12H18FN6O6P. The fourth-order valence-electron chi connectivity index (χ4n) is 2.86. The van der Waals surface area contributed by atoms with E-state index in [0.717, 1.165) is 6.92 Å². The van der Waals surface area contributed by atoms with Gasteiger partial charge in [-0.15, -0.1) is 0 Å². The number of nitrogens with two attached hydrogens (primary N) is 2. The Balaban J connectivity index is 1.87. The number of phosphoric ester groups is 1. The van der Waals surface area contributed by atoms with Crippen molar-refractivity contribution in [3.8, 4) is 0 Å². The number of anilines is 2. The number of aliphatic hydroxyl groups excluding tert-OH is 1. The fraction of sp³-hybridized carbons (Fsp3) is 0.583. The van der Waals surface area contributed by atoms with Gasteiger partial charge in [0.25, 0.3) is 0 Å². The maximum absolute atomic E-state index is 15.1. The first-order chi connectivity index (χ1) is 12.0. The molecule has 2 aromatic rings. The maximum Gasteiger partial charge on any atom is 0.469 e. The number of hydrogen-bond donors (Lipinski definition) is 5. The molecule has 0 amide bonds. The highest BCUT2D eigenvalue weighted by atomic mass is 31.2. The van der Waals surface area contributed by atoms with Crippen LogP contribution in [0.25, 0.3) is 11.2 Å². The molecule has 2 aromatic heterocycles. The van der Waals surface area contributed by atoms with E-state index in [1.54, 1.807) is 0 Å². The van der Waals surface area contributed by atoms with E-state index in [-0.39, 0.29) is 29.4 Å². The summed E-state index contributed by atoms with van der Waals surface area (Å²) in [6.45, 7) is 0.702. The molecule has 0 spiro atoms. The highest BCUT2D eigenvalue weighted by Crippen LogP contribution is 2.44. The molecule has 0 aliphatic carbocycles. The molecule has 1 aliphatic heterocycles. The van der Waals surface area contributed by atoms with Gasteiger partial charge in [0.15, 0.2) is 23.4 Å². The van der Waals surface area contributed by atoms with E-state index in [9.17, 15) is 9.67 Å². The Labute approximate surface area is 146 Å². The van der Waals surface area contributed by atoms with Crippen molar-refractivity contribution in [2.75, 3.05) is 18.1 Å². The number of hydrogen-bond acceptors (Lipinski definition) is 9. The molecule has 3 heterocycles. The van der Waals surface area contributed by atoms with Crippen LogP contribution in [0.15, 0.2) is 6.33 Å². The predicted molar refractivity (Wildman–Crippen MR) is 86.2 cm³/mol. The van der Waals surface area contributed by atoms with Gasteiger partial charge in [0.05, 0.1) is 19.0 Å². The summed E-state index contributed by atoms with van der Waals surface area (Å²) in [6, 6.07) is 0. The van der Waals surface area contributed by atoms with Gasteiger partial charge in [-0.25, -0.2) is 13.9 Å². The van der Waals surface area contributed by atoms with E-state index in [1.807, 2.05) is 0 Å². The van der Waals surface area contributed by atoms with E-state index in [0.29, 0.717) is 0 Å². The van der Waals surface area contributed by atoms with Crippen LogP contribution in [0.1, 0.15) is 19.6 Å². The largest absolute Gasteiger partial charge is 0.469 e. The van der Waals surface area contributed by atoms with Crippen molar-refractivity contribution in [1.82, 2.24) is 19.5 Å². The second kappa shape index (κ2) is 6.37. The number of alkyl halides is 1. The lowest BCUT2D eigenvalue weighted by Crippen LogP contribution is -2.39. The average molecular weight is 392 g/mol. The zero-order chi connectivity index (χ0) is 19.3. The number of nitrogens with zero attached hydrogens (tertiary/aromatic N) is 4. The number of imidazole rings is 1. The molecule has 0 saturated carbocycles. The molecule has 14 heteroatoms. The van der Waals surface area contributed by atoms with Crippen LogP contribution in [0.5, 0.6) is 0 Å². The third kappa shape index (κ3) is 3.37. The molecular weight excluding hydrogens is 374 g/mol. The average Bonchev–Trinajstić information content (AvgIpc) is 3.00. The Morgan fingerprint density at radius 3 is 2.81 bits per heavy atom. The van der Waals surface area contributed by atoms with Crippen molar-refractivity contribution in [3.63, 3.8) is 0 Å². The van der Waals surface area contributed by atoms with E-state index in [2.05, 4.69) is 19.5 Å². The number of halogens is 1. The summed E-state index contributed by atoms with van der Waals surface area (Å²) in [5.41, 5.74) is 9.35. The topological polar surface area (TPSA) is 192 Å². The fourth-order valence-corrected chi connectivity index (χ4v) is 3.20. The van der Waals surface area contributed by atoms with E-state index < -0.39 is 38.5 Å². The third-order valence-electron chi connectivity index (χ3n) is 4.10. The SMILES string of the molecule is C[C@@]1(F)[C@H](O)[C@@H](CCOP(=O)(O)O)O[C@H]1n1cnc2c(N)nc(N)nc21. The Hall–Kier alpha value is -1.89. The van der Waals surface area contributed by atoms with Gasteiger partial charge in [0.1, 0.15) is 11.6 Å². The molecule has 1 aliphatic rings. The highest BCUT2D eigenvalue weighted by molar-refractivity contribution is 7.46. The van der Waals surface area contributed by atoms with Gasteiger partial charge in [-0.2, -0.15) is 9.97 Å². The van der Waals surface area contributed by atoms with Crippen molar-refractivity contribution in [3.05, 3.63) is 6.33 Å². The lowest BCUT2D eigenvalue weighted by atomic mass is 9.97. The highest BCUT2D eigenvalue weighted by Gasteiger charge is 2.55. The third-order valence-corrected chi connectivity index (χ3v) is 4.62. The number of nitrogen functional groups attached to an aromatic ring is 2. The molecule has 26 heavy (non-hydrogen) atoms. The summed E-state index contributed by atoms with van der Waals surface area (Å²) in [4.78, 5) is 29.2. The zero-order valence-corrected chi connectivity index (χ0v) is 14.5. The minimum Gasteiger partial charge on any atom is -0.387 e. The summed E-state index contributed by atoms with van der Waals surface area (Å²) in [6.07, 6.45) is -2.89. The molecule has 3 rings (SSSR count). The molecule has 0 radical (unpaired) electrons. The smallest absolute Gasteiger partial charge is 0.387 e. The number of ether oxygens (including phenoxy) is 1. The summed E-state index contributed by atoms with van der Waals surface area (Å²) >= 11 is 0. The van der Waals surface area contributed by atoms with Crippen LogP contribution in [-0.2, 0) is 13.8 Å².